The van der Waals surface area contributed by atoms with Crippen LogP contribution in [0.15, 0.2) is 12.3 Å². The number of piperidine rings is 2. The molecule has 2 aliphatic heterocycles. The van der Waals surface area contributed by atoms with Crippen molar-refractivity contribution in [2.24, 2.45) is 5.41 Å². The number of hydrogen-bond donors (Lipinski definition) is 1. The van der Waals surface area contributed by atoms with Crippen LogP contribution in [0.3, 0.4) is 0 Å². The number of anilines is 1. The van der Waals surface area contributed by atoms with E-state index in [1.165, 1.54) is 25.7 Å². The van der Waals surface area contributed by atoms with Crippen LogP contribution in [-0.4, -0.2) is 42.8 Å². The normalized spacial score (nSPS) is 26.8. The average Bonchev–Trinajstić information content (AvgIpc) is 2.49. The Balaban J connectivity index is 1.74. The highest BCUT2D eigenvalue weighted by atomic mass is 16.5. The Bertz CT molecular complexity index is 440. The van der Waals surface area contributed by atoms with Crippen LogP contribution in [-0.2, 0) is 0 Å². The summed E-state index contributed by atoms with van der Waals surface area (Å²) in [4.78, 5) is 11.3. The second kappa shape index (κ2) is 5.95. The van der Waals surface area contributed by atoms with E-state index in [1.54, 1.807) is 6.20 Å². The molecule has 2 saturated heterocycles. The summed E-state index contributed by atoms with van der Waals surface area (Å²) in [5.74, 6) is 1.50. The van der Waals surface area contributed by atoms with Crippen molar-refractivity contribution in [1.29, 1.82) is 0 Å². The predicted octanol–water partition coefficient (Wildman–Crippen LogP) is 1.85. The number of rotatable bonds is 3. The van der Waals surface area contributed by atoms with Gasteiger partial charge in [0.25, 0.3) is 0 Å². The van der Waals surface area contributed by atoms with E-state index in [0.717, 1.165) is 32.1 Å². The number of ether oxygens (including phenoxy) is 1. The third-order valence-electron chi connectivity index (χ3n) is 4.41. The number of nitrogens with one attached hydrogen (secondary N) is 1. The molecule has 1 N–H and O–H groups in total. The lowest BCUT2D eigenvalue weighted by Gasteiger charge is -2.45. The maximum atomic E-state index is 5.48. The van der Waals surface area contributed by atoms with Crippen molar-refractivity contribution >= 4 is 5.95 Å². The summed E-state index contributed by atoms with van der Waals surface area (Å²) in [6.45, 7) is 7.04. The fourth-order valence-corrected chi connectivity index (χ4v) is 3.47. The van der Waals surface area contributed by atoms with E-state index in [-0.39, 0.29) is 0 Å². The maximum absolute atomic E-state index is 5.48. The van der Waals surface area contributed by atoms with Gasteiger partial charge in [-0.05, 0) is 39.2 Å². The molecule has 5 heteroatoms. The van der Waals surface area contributed by atoms with Crippen LogP contribution in [0.1, 0.15) is 32.6 Å². The Hall–Kier alpha value is -1.36. The molecule has 0 saturated carbocycles. The smallest absolute Gasteiger partial charge is 0.228 e. The molecule has 2 aliphatic rings. The van der Waals surface area contributed by atoms with Gasteiger partial charge in [-0.2, -0.15) is 4.98 Å². The summed E-state index contributed by atoms with van der Waals surface area (Å²) in [7, 11) is 0. The first-order valence-corrected chi connectivity index (χ1v) is 7.73. The van der Waals surface area contributed by atoms with E-state index in [9.17, 15) is 0 Å². The molecule has 2 fully saturated rings. The first-order valence-electron chi connectivity index (χ1n) is 7.73. The molecule has 1 aromatic rings. The van der Waals surface area contributed by atoms with E-state index in [4.69, 9.17) is 4.74 Å². The minimum Gasteiger partial charge on any atom is -0.478 e. The molecule has 1 atom stereocenters. The van der Waals surface area contributed by atoms with E-state index in [2.05, 4.69) is 20.2 Å². The van der Waals surface area contributed by atoms with Crippen LogP contribution in [0.5, 0.6) is 5.88 Å². The number of nitrogens with zero attached hydrogens (tertiary/aromatic N) is 3. The Morgan fingerprint density at radius 1 is 1.40 bits per heavy atom. The van der Waals surface area contributed by atoms with Crippen LogP contribution in [0, 0.1) is 5.41 Å². The van der Waals surface area contributed by atoms with Gasteiger partial charge in [-0.1, -0.05) is 0 Å². The lowest BCUT2D eigenvalue weighted by molar-refractivity contribution is 0.172. The lowest BCUT2D eigenvalue weighted by Crippen LogP contribution is -2.51. The van der Waals surface area contributed by atoms with Crippen LogP contribution < -0.4 is 15.0 Å². The minimum atomic E-state index is 0.418. The predicted molar refractivity (Wildman–Crippen MR) is 79.2 cm³/mol. The molecular weight excluding hydrogens is 252 g/mol. The SMILES string of the molecule is CCOc1ccnc(N2CCCC3(CCCNC3)C2)n1. The molecule has 1 spiro atoms. The standard InChI is InChI=1S/C15H24N4O/c1-2-20-13-5-9-17-14(18-13)19-10-4-7-15(12-19)6-3-8-16-11-15/h5,9,16H,2-4,6-8,10-12H2,1H3. The Kier molecular flexibility index (Phi) is 4.05. The van der Waals surface area contributed by atoms with Gasteiger partial charge >= 0.3 is 0 Å². The fourth-order valence-electron chi connectivity index (χ4n) is 3.47. The van der Waals surface area contributed by atoms with E-state index in [0.29, 0.717) is 17.9 Å². The summed E-state index contributed by atoms with van der Waals surface area (Å²) in [6.07, 6.45) is 6.95. The molecule has 20 heavy (non-hydrogen) atoms. The van der Waals surface area contributed by atoms with Crippen molar-refractivity contribution in [3.05, 3.63) is 12.3 Å². The maximum Gasteiger partial charge on any atom is 0.228 e. The van der Waals surface area contributed by atoms with E-state index in [1.807, 2.05) is 13.0 Å². The van der Waals surface area contributed by atoms with Crippen molar-refractivity contribution in [2.75, 3.05) is 37.7 Å². The van der Waals surface area contributed by atoms with Gasteiger partial charge in [-0.25, -0.2) is 4.98 Å². The molecule has 0 radical (unpaired) electrons. The molecule has 0 amide bonds. The molecular formula is C15H24N4O. The van der Waals surface area contributed by atoms with Crippen molar-refractivity contribution in [3.8, 4) is 5.88 Å². The van der Waals surface area contributed by atoms with Crippen LogP contribution >= 0.6 is 0 Å². The molecule has 5 nitrogen and oxygen atoms in total. The highest BCUT2D eigenvalue weighted by Gasteiger charge is 2.37. The second-order valence-corrected chi connectivity index (χ2v) is 5.93. The van der Waals surface area contributed by atoms with Crippen molar-refractivity contribution in [3.63, 3.8) is 0 Å². The Labute approximate surface area is 120 Å². The second-order valence-electron chi connectivity index (χ2n) is 5.93. The minimum absolute atomic E-state index is 0.418. The van der Waals surface area contributed by atoms with Gasteiger partial charge in [0, 0.05) is 37.3 Å². The molecule has 0 aliphatic carbocycles. The summed E-state index contributed by atoms with van der Waals surface area (Å²) in [6, 6.07) is 1.83. The van der Waals surface area contributed by atoms with Gasteiger partial charge in [-0.15, -0.1) is 0 Å². The first-order chi connectivity index (χ1) is 9.81. The molecule has 1 unspecified atom stereocenters. The zero-order valence-electron chi connectivity index (χ0n) is 12.3. The first kappa shape index (κ1) is 13.6. The molecule has 3 heterocycles. The molecule has 3 rings (SSSR count). The van der Waals surface area contributed by atoms with Crippen molar-refractivity contribution in [2.45, 2.75) is 32.6 Å². The Morgan fingerprint density at radius 3 is 3.10 bits per heavy atom. The van der Waals surface area contributed by atoms with Gasteiger partial charge in [-0.3, -0.25) is 0 Å². The average molecular weight is 276 g/mol. The third kappa shape index (κ3) is 2.87. The van der Waals surface area contributed by atoms with Gasteiger partial charge < -0.3 is 15.0 Å². The molecule has 0 bridgehead atoms. The largest absolute Gasteiger partial charge is 0.478 e. The summed E-state index contributed by atoms with van der Waals surface area (Å²) in [5.41, 5.74) is 0.418. The van der Waals surface area contributed by atoms with Gasteiger partial charge in [0.15, 0.2) is 0 Å². The Morgan fingerprint density at radius 2 is 2.30 bits per heavy atom. The zero-order chi connectivity index (χ0) is 13.8. The highest BCUT2D eigenvalue weighted by molar-refractivity contribution is 5.33. The summed E-state index contributed by atoms with van der Waals surface area (Å²) >= 11 is 0. The quantitative estimate of drug-likeness (QED) is 0.913. The summed E-state index contributed by atoms with van der Waals surface area (Å²) < 4.78 is 5.48. The number of aromatic nitrogens is 2. The monoisotopic (exact) mass is 276 g/mol. The van der Waals surface area contributed by atoms with Crippen LogP contribution in [0.2, 0.25) is 0 Å². The molecule has 110 valence electrons. The van der Waals surface area contributed by atoms with E-state index >= 15 is 0 Å². The zero-order valence-corrected chi connectivity index (χ0v) is 12.3. The van der Waals surface area contributed by atoms with Gasteiger partial charge in [0.05, 0.1) is 6.61 Å². The van der Waals surface area contributed by atoms with Crippen LogP contribution in [0.4, 0.5) is 5.95 Å². The third-order valence-corrected chi connectivity index (χ3v) is 4.41. The molecule has 0 aromatic carbocycles. The van der Waals surface area contributed by atoms with Crippen LogP contribution in [0.25, 0.3) is 0 Å². The van der Waals surface area contributed by atoms with Crippen molar-refractivity contribution in [1.82, 2.24) is 15.3 Å². The van der Waals surface area contributed by atoms with Crippen molar-refractivity contribution < 1.29 is 4.74 Å². The van der Waals surface area contributed by atoms with E-state index < -0.39 is 0 Å². The number of hydrogen-bond acceptors (Lipinski definition) is 5. The highest BCUT2D eigenvalue weighted by Crippen LogP contribution is 2.36. The van der Waals surface area contributed by atoms with Gasteiger partial charge in [0.1, 0.15) is 0 Å². The topological polar surface area (TPSA) is 50.3 Å². The molecule has 1 aromatic heterocycles. The van der Waals surface area contributed by atoms with Gasteiger partial charge in [0.2, 0.25) is 11.8 Å². The fraction of sp³-hybridized carbons (Fsp3) is 0.733. The summed E-state index contributed by atoms with van der Waals surface area (Å²) in [5, 5.41) is 3.56. The lowest BCUT2D eigenvalue weighted by atomic mass is 9.74.